The maximum atomic E-state index is 10.1. The molecule has 21 heavy (non-hydrogen) atoms. The number of pyridine rings is 1. The van der Waals surface area contributed by atoms with Gasteiger partial charge < -0.3 is 15.0 Å². The number of hydrogen-bond acceptors (Lipinski definition) is 4. The van der Waals surface area contributed by atoms with Gasteiger partial charge in [0.25, 0.3) is 5.52 Å². The number of nitrogens with one attached hydrogen (secondary N) is 1. The van der Waals surface area contributed by atoms with E-state index in [0.29, 0.717) is 5.75 Å². The van der Waals surface area contributed by atoms with Crippen LogP contribution in [0.5, 0.6) is 5.75 Å². The Labute approximate surface area is 134 Å². The molecule has 7 heteroatoms. The lowest BCUT2D eigenvalue weighted by molar-refractivity contribution is -0.345. The van der Waals surface area contributed by atoms with Crippen molar-refractivity contribution in [1.82, 2.24) is 0 Å². The molecular formula is C14H9Cl2NO3S. The molecule has 0 aliphatic heterocycles. The van der Waals surface area contributed by atoms with Crippen LogP contribution in [0.15, 0.2) is 42.6 Å². The summed E-state index contributed by atoms with van der Waals surface area (Å²) in [6, 6.07) is 10.6. The van der Waals surface area contributed by atoms with Crippen molar-refractivity contribution in [2.45, 2.75) is 0 Å². The molecule has 0 bridgehead atoms. The summed E-state index contributed by atoms with van der Waals surface area (Å²) < 4.78 is 0.279. The van der Waals surface area contributed by atoms with Gasteiger partial charge in [-0.2, -0.15) is 0 Å². The highest BCUT2D eigenvalue weighted by Crippen LogP contribution is 2.30. The number of para-hydroxylation sites is 1. The van der Waals surface area contributed by atoms with Gasteiger partial charge in [-0.05, 0) is 24.3 Å². The summed E-state index contributed by atoms with van der Waals surface area (Å²) in [5, 5.41) is 20.8. The van der Waals surface area contributed by atoms with E-state index in [-0.39, 0.29) is 14.2 Å². The molecule has 2 heterocycles. The average Bonchev–Trinajstić information content (AvgIpc) is 2.80. The van der Waals surface area contributed by atoms with Crippen LogP contribution in [0.2, 0.25) is 9.36 Å². The number of H-pyrrole nitrogens is 1. The number of fused-ring (bicyclic) bond motifs is 1. The molecule has 0 fully saturated rings. The molecule has 0 saturated carbocycles. The summed E-state index contributed by atoms with van der Waals surface area (Å²) in [6.07, 6.45) is 1.79. The van der Waals surface area contributed by atoms with Gasteiger partial charge in [-0.3, -0.25) is 0 Å². The van der Waals surface area contributed by atoms with E-state index in [9.17, 15) is 15.0 Å². The molecule has 0 aliphatic rings. The van der Waals surface area contributed by atoms with Crippen LogP contribution in [0.25, 0.3) is 10.9 Å². The topological polar surface area (TPSA) is 74.5 Å². The molecular weight excluding hydrogens is 333 g/mol. The summed E-state index contributed by atoms with van der Waals surface area (Å²) in [6.45, 7) is 0. The molecule has 0 radical (unpaired) electrons. The van der Waals surface area contributed by atoms with E-state index in [0.717, 1.165) is 22.2 Å². The SMILES string of the molecule is O=C([O-])c1cc(Cl)c(Cl)s1.Oc1cccc2ccc[nH+]c12. The van der Waals surface area contributed by atoms with Gasteiger partial charge in [-0.25, -0.2) is 4.98 Å². The number of phenolic OH excluding ortho intramolecular Hbond substituents is 1. The van der Waals surface area contributed by atoms with Crippen LogP contribution >= 0.6 is 34.5 Å². The van der Waals surface area contributed by atoms with Crippen LogP contribution in [-0.4, -0.2) is 11.1 Å². The number of phenols is 1. The number of aromatic nitrogens is 1. The molecule has 0 aliphatic carbocycles. The highest BCUT2D eigenvalue weighted by Gasteiger charge is 2.04. The third kappa shape index (κ3) is 3.85. The fraction of sp³-hybridized carbons (Fsp3) is 0. The van der Waals surface area contributed by atoms with Crippen LogP contribution in [0, 0.1) is 0 Å². The number of benzene rings is 1. The number of carboxylic acids is 1. The number of aromatic amines is 1. The molecule has 2 aromatic heterocycles. The van der Waals surface area contributed by atoms with Crippen LogP contribution in [-0.2, 0) is 0 Å². The molecule has 0 spiro atoms. The van der Waals surface area contributed by atoms with Gasteiger partial charge in [0, 0.05) is 6.07 Å². The second kappa shape index (κ2) is 6.76. The van der Waals surface area contributed by atoms with Crippen LogP contribution in [0.1, 0.15) is 9.67 Å². The van der Waals surface area contributed by atoms with Gasteiger partial charge >= 0.3 is 0 Å². The monoisotopic (exact) mass is 341 g/mol. The Hall–Kier alpha value is -1.82. The van der Waals surface area contributed by atoms with Crippen molar-refractivity contribution in [2.75, 3.05) is 0 Å². The van der Waals surface area contributed by atoms with Crippen molar-refractivity contribution >= 4 is 51.4 Å². The number of rotatable bonds is 1. The number of carbonyl (C=O) groups is 1. The predicted octanol–water partition coefficient (Wildman–Crippen LogP) is 2.78. The minimum atomic E-state index is -1.25. The van der Waals surface area contributed by atoms with Crippen molar-refractivity contribution in [1.29, 1.82) is 0 Å². The normalized spacial score (nSPS) is 10.0. The molecule has 1 aromatic carbocycles. The van der Waals surface area contributed by atoms with Crippen molar-refractivity contribution in [3.05, 3.63) is 56.8 Å². The van der Waals surface area contributed by atoms with E-state index >= 15 is 0 Å². The average molecular weight is 342 g/mol. The third-order valence-electron chi connectivity index (χ3n) is 2.52. The van der Waals surface area contributed by atoms with Gasteiger partial charge in [0.2, 0.25) is 0 Å². The molecule has 4 nitrogen and oxygen atoms in total. The fourth-order valence-corrected chi connectivity index (χ4v) is 2.79. The number of aromatic hydroxyl groups is 1. The van der Waals surface area contributed by atoms with E-state index in [4.69, 9.17) is 23.2 Å². The lowest BCUT2D eigenvalue weighted by Crippen LogP contribution is -2.20. The molecule has 2 N–H and O–H groups in total. The zero-order valence-corrected chi connectivity index (χ0v) is 12.8. The Kier molecular flexibility index (Phi) is 5.01. The molecule has 108 valence electrons. The summed E-state index contributed by atoms with van der Waals surface area (Å²) in [5.74, 6) is -0.957. The minimum absolute atomic E-state index is 0.0509. The van der Waals surface area contributed by atoms with Gasteiger partial charge in [-0.15, -0.1) is 11.3 Å². The van der Waals surface area contributed by atoms with Crippen LogP contribution in [0.4, 0.5) is 0 Å². The van der Waals surface area contributed by atoms with Gasteiger partial charge in [0.15, 0.2) is 11.9 Å². The Balaban J connectivity index is 0.000000155. The molecule has 0 atom stereocenters. The third-order valence-corrected chi connectivity index (χ3v) is 4.37. The first kappa shape index (κ1) is 15.6. The first-order chi connectivity index (χ1) is 9.99. The zero-order valence-electron chi connectivity index (χ0n) is 10.5. The molecule has 0 saturated heterocycles. The fourth-order valence-electron chi connectivity index (χ4n) is 1.58. The highest BCUT2D eigenvalue weighted by molar-refractivity contribution is 7.18. The summed E-state index contributed by atoms with van der Waals surface area (Å²) in [4.78, 5) is 13.2. The van der Waals surface area contributed by atoms with E-state index in [1.165, 1.54) is 6.07 Å². The maximum Gasteiger partial charge on any atom is 0.252 e. The lowest BCUT2D eigenvalue weighted by Gasteiger charge is -1.91. The standard InChI is InChI=1S/C9H7NO.C5H2Cl2O2S/c11-8-5-1-3-7-4-2-6-10-9(7)8;6-2-1-3(5(8)9)10-4(2)7/h1-6,11H;1H,(H,8,9). The Morgan fingerprint density at radius 2 is 1.95 bits per heavy atom. The van der Waals surface area contributed by atoms with Crippen LogP contribution < -0.4 is 10.1 Å². The second-order valence-electron chi connectivity index (χ2n) is 3.93. The Morgan fingerprint density at radius 1 is 1.24 bits per heavy atom. The molecule has 3 aromatic rings. The minimum Gasteiger partial charge on any atom is -0.544 e. The van der Waals surface area contributed by atoms with Crippen molar-refractivity contribution in [3.63, 3.8) is 0 Å². The maximum absolute atomic E-state index is 10.1. The molecule has 0 amide bonds. The second-order valence-corrected chi connectivity index (χ2v) is 5.99. The van der Waals surface area contributed by atoms with Crippen LogP contribution in [0.3, 0.4) is 0 Å². The Bertz CT molecular complexity index is 764. The van der Waals surface area contributed by atoms with E-state index < -0.39 is 5.97 Å². The molecule has 0 unspecified atom stereocenters. The number of carboxylic acid groups (broad SMARTS) is 1. The van der Waals surface area contributed by atoms with Crippen molar-refractivity contribution < 1.29 is 20.0 Å². The lowest BCUT2D eigenvalue weighted by atomic mass is 10.2. The summed E-state index contributed by atoms with van der Waals surface area (Å²) in [7, 11) is 0. The number of thiophene rings is 1. The van der Waals surface area contributed by atoms with Crippen molar-refractivity contribution in [2.24, 2.45) is 0 Å². The number of halogens is 2. The summed E-state index contributed by atoms with van der Waals surface area (Å²) in [5.41, 5.74) is 0.787. The summed E-state index contributed by atoms with van der Waals surface area (Å²) >= 11 is 11.8. The first-order valence-corrected chi connectivity index (χ1v) is 7.31. The van der Waals surface area contributed by atoms with E-state index in [1.54, 1.807) is 12.3 Å². The van der Waals surface area contributed by atoms with Gasteiger partial charge in [0.05, 0.1) is 21.3 Å². The number of aromatic carboxylic acids is 1. The van der Waals surface area contributed by atoms with E-state index in [2.05, 4.69) is 4.98 Å². The van der Waals surface area contributed by atoms with Gasteiger partial charge in [-0.1, -0.05) is 29.3 Å². The predicted molar refractivity (Wildman–Crippen MR) is 80.8 cm³/mol. The van der Waals surface area contributed by atoms with E-state index in [1.807, 2.05) is 24.3 Å². The number of carbonyl (C=O) groups excluding carboxylic acids is 1. The largest absolute Gasteiger partial charge is 0.544 e. The first-order valence-electron chi connectivity index (χ1n) is 5.73. The van der Waals surface area contributed by atoms with Gasteiger partial charge in [0.1, 0.15) is 4.34 Å². The van der Waals surface area contributed by atoms with Crippen molar-refractivity contribution in [3.8, 4) is 5.75 Å². The Morgan fingerprint density at radius 3 is 2.48 bits per heavy atom. The highest BCUT2D eigenvalue weighted by atomic mass is 35.5. The quantitative estimate of drug-likeness (QED) is 0.739. The smallest absolute Gasteiger partial charge is 0.252 e. The molecule has 3 rings (SSSR count). The zero-order chi connectivity index (χ0) is 15.4. The number of hydrogen-bond donors (Lipinski definition) is 1.